The van der Waals surface area contributed by atoms with Gasteiger partial charge in [-0.1, -0.05) is 0 Å². The summed E-state index contributed by atoms with van der Waals surface area (Å²) in [6.07, 6.45) is 0.845. The minimum atomic E-state index is -0.620. The number of likely N-dealkylation sites (tertiary alicyclic amines) is 1. The summed E-state index contributed by atoms with van der Waals surface area (Å²) in [5, 5.41) is 2.75. The second-order valence-corrected chi connectivity index (χ2v) is 6.23. The maximum absolute atomic E-state index is 12.2. The highest BCUT2D eigenvalue weighted by molar-refractivity contribution is 6.35. The molecule has 0 atom stereocenters. The number of hydrogen-bond donors (Lipinski definition) is 1. The molecule has 0 aromatic carbocycles. The van der Waals surface area contributed by atoms with Crippen molar-refractivity contribution < 1.29 is 23.9 Å². The van der Waals surface area contributed by atoms with E-state index in [1.165, 1.54) is 11.8 Å². The van der Waals surface area contributed by atoms with Crippen molar-refractivity contribution in [3.63, 3.8) is 0 Å². The number of hydrogen-bond acceptors (Lipinski definition) is 5. The normalized spacial score (nSPS) is 18.7. The van der Waals surface area contributed by atoms with Gasteiger partial charge in [-0.25, -0.2) is 4.79 Å². The summed E-state index contributed by atoms with van der Waals surface area (Å²) in [5.41, 5.74) is 0. The summed E-state index contributed by atoms with van der Waals surface area (Å²) in [6, 6.07) is -0.124. The second-order valence-electron chi connectivity index (χ2n) is 6.23. The van der Waals surface area contributed by atoms with E-state index in [1.54, 1.807) is 16.7 Å². The molecule has 0 aromatic rings. The smallest absolute Gasteiger partial charge is 0.409 e. The minimum absolute atomic E-state index is 0.0232. The summed E-state index contributed by atoms with van der Waals surface area (Å²) >= 11 is 0. The van der Waals surface area contributed by atoms with Crippen LogP contribution in [0.4, 0.5) is 4.79 Å². The van der Waals surface area contributed by atoms with E-state index in [0.29, 0.717) is 58.7 Å². The van der Waals surface area contributed by atoms with Crippen LogP contribution >= 0.6 is 0 Å². The average Bonchev–Trinajstić information content (AvgIpc) is 2.62. The molecule has 2 aliphatic rings. The van der Waals surface area contributed by atoms with Crippen molar-refractivity contribution >= 4 is 23.8 Å². The average molecular weight is 354 g/mol. The molecule has 0 unspecified atom stereocenters. The lowest BCUT2D eigenvalue weighted by molar-refractivity contribution is -0.148. The van der Waals surface area contributed by atoms with Crippen molar-refractivity contribution in [2.24, 2.45) is 0 Å². The number of amides is 4. The first-order chi connectivity index (χ1) is 11.9. The molecule has 0 bridgehead atoms. The molecule has 2 saturated heterocycles. The summed E-state index contributed by atoms with van der Waals surface area (Å²) in [4.78, 5) is 52.1. The maximum Gasteiger partial charge on any atom is 0.409 e. The summed E-state index contributed by atoms with van der Waals surface area (Å²) in [5.74, 6) is -1.20. The Hall–Kier alpha value is -2.32. The van der Waals surface area contributed by atoms with Crippen LogP contribution in [0.15, 0.2) is 0 Å². The molecule has 0 aromatic heterocycles. The topological polar surface area (TPSA) is 99.3 Å². The predicted molar refractivity (Wildman–Crippen MR) is 88.6 cm³/mol. The van der Waals surface area contributed by atoms with Gasteiger partial charge >= 0.3 is 17.9 Å². The molecule has 0 saturated carbocycles. The third-order valence-corrected chi connectivity index (χ3v) is 4.56. The molecule has 9 nitrogen and oxygen atoms in total. The van der Waals surface area contributed by atoms with Gasteiger partial charge in [0.25, 0.3) is 0 Å². The summed E-state index contributed by atoms with van der Waals surface area (Å²) in [6.45, 7) is 6.21. The molecule has 1 N–H and O–H groups in total. The Labute approximate surface area is 147 Å². The van der Waals surface area contributed by atoms with Gasteiger partial charge in [0.2, 0.25) is 5.91 Å². The number of ether oxygens (including phenoxy) is 1. The number of piperidine rings is 1. The highest BCUT2D eigenvalue weighted by atomic mass is 16.6. The zero-order valence-corrected chi connectivity index (χ0v) is 14.8. The molecule has 25 heavy (non-hydrogen) atoms. The Balaban J connectivity index is 1.74. The van der Waals surface area contributed by atoms with Crippen LogP contribution in [0.25, 0.3) is 0 Å². The molecule has 0 radical (unpaired) electrons. The van der Waals surface area contributed by atoms with Crippen molar-refractivity contribution in [1.82, 2.24) is 20.0 Å². The number of carbonyl (C=O) groups is 4. The fraction of sp³-hybridized carbons (Fsp3) is 0.750. The van der Waals surface area contributed by atoms with Crippen LogP contribution in [-0.4, -0.2) is 90.4 Å². The quantitative estimate of drug-likeness (QED) is 0.669. The Morgan fingerprint density at radius 1 is 0.920 bits per heavy atom. The predicted octanol–water partition coefficient (Wildman–Crippen LogP) is -0.586. The van der Waals surface area contributed by atoms with Gasteiger partial charge in [0.05, 0.1) is 6.61 Å². The largest absolute Gasteiger partial charge is 0.450 e. The second kappa shape index (κ2) is 8.68. The van der Waals surface area contributed by atoms with Gasteiger partial charge in [-0.15, -0.1) is 0 Å². The van der Waals surface area contributed by atoms with Gasteiger partial charge in [0, 0.05) is 52.2 Å². The van der Waals surface area contributed by atoms with E-state index in [-0.39, 0.29) is 18.0 Å². The molecular formula is C16H26N4O5. The molecule has 2 heterocycles. The third-order valence-electron chi connectivity index (χ3n) is 4.56. The Morgan fingerprint density at radius 3 is 2.00 bits per heavy atom. The Bertz CT molecular complexity index is 523. The molecule has 0 spiro atoms. The molecule has 0 aliphatic carbocycles. The molecule has 4 amide bonds. The van der Waals surface area contributed by atoms with E-state index < -0.39 is 11.8 Å². The number of nitrogens with zero attached hydrogens (tertiary/aromatic N) is 3. The summed E-state index contributed by atoms with van der Waals surface area (Å²) in [7, 11) is 0. The molecule has 2 aliphatic heterocycles. The van der Waals surface area contributed by atoms with E-state index in [0.717, 1.165) is 0 Å². The van der Waals surface area contributed by atoms with Crippen molar-refractivity contribution in [1.29, 1.82) is 0 Å². The van der Waals surface area contributed by atoms with Crippen LogP contribution in [0.2, 0.25) is 0 Å². The van der Waals surface area contributed by atoms with Gasteiger partial charge in [0.15, 0.2) is 0 Å². The zero-order valence-electron chi connectivity index (χ0n) is 14.8. The first-order valence-electron chi connectivity index (χ1n) is 8.69. The zero-order chi connectivity index (χ0) is 18.4. The third kappa shape index (κ3) is 5.07. The van der Waals surface area contributed by atoms with Gasteiger partial charge in [-0.3, -0.25) is 14.4 Å². The first-order valence-corrected chi connectivity index (χ1v) is 8.69. The van der Waals surface area contributed by atoms with Crippen LogP contribution in [0.3, 0.4) is 0 Å². The molecular weight excluding hydrogens is 328 g/mol. The Kier molecular flexibility index (Phi) is 6.60. The molecule has 2 fully saturated rings. The van der Waals surface area contributed by atoms with E-state index in [2.05, 4.69) is 5.32 Å². The lowest BCUT2D eigenvalue weighted by Crippen LogP contribution is -2.55. The van der Waals surface area contributed by atoms with Gasteiger partial charge < -0.3 is 24.8 Å². The van der Waals surface area contributed by atoms with Crippen LogP contribution in [0.5, 0.6) is 0 Å². The fourth-order valence-corrected chi connectivity index (χ4v) is 3.04. The van der Waals surface area contributed by atoms with E-state index in [4.69, 9.17) is 4.74 Å². The van der Waals surface area contributed by atoms with Crippen LogP contribution < -0.4 is 5.32 Å². The highest BCUT2D eigenvalue weighted by Crippen LogP contribution is 2.12. The highest BCUT2D eigenvalue weighted by Gasteiger charge is 2.30. The van der Waals surface area contributed by atoms with Crippen molar-refractivity contribution in [3.05, 3.63) is 0 Å². The van der Waals surface area contributed by atoms with Crippen molar-refractivity contribution in [2.75, 3.05) is 45.9 Å². The lowest BCUT2D eigenvalue weighted by atomic mass is 10.1. The number of nitrogens with one attached hydrogen (secondary N) is 1. The number of rotatable bonds is 2. The molecule has 9 heteroatoms. The summed E-state index contributed by atoms with van der Waals surface area (Å²) < 4.78 is 4.95. The van der Waals surface area contributed by atoms with Gasteiger partial charge in [-0.2, -0.15) is 0 Å². The van der Waals surface area contributed by atoms with Gasteiger partial charge in [0.1, 0.15) is 0 Å². The van der Waals surface area contributed by atoms with Crippen LogP contribution in [0.1, 0.15) is 26.7 Å². The van der Waals surface area contributed by atoms with Crippen LogP contribution in [0, 0.1) is 0 Å². The van der Waals surface area contributed by atoms with Crippen molar-refractivity contribution in [3.8, 4) is 0 Å². The minimum Gasteiger partial charge on any atom is -0.450 e. The number of carbonyl (C=O) groups excluding carboxylic acids is 4. The first kappa shape index (κ1) is 19.0. The van der Waals surface area contributed by atoms with E-state index in [9.17, 15) is 19.2 Å². The monoisotopic (exact) mass is 354 g/mol. The Morgan fingerprint density at radius 2 is 1.48 bits per heavy atom. The molecule has 2 rings (SSSR count). The maximum atomic E-state index is 12.2. The van der Waals surface area contributed by atoms with E-state index in [1.807, 2.05) is 0 Å². The van der Waals surface area contributed by atoms with Gasteiger partial charge in [-0.05, 0) is 19.8 Å². The fourth-order valence-electron chi connectivity index (χ4n) is 3.04. The SMILES string of the molecule is CCOC(=O)N1CCC(NC(=O)C(=O)N2CCN(C(C)=O)CC2)CC1. The van der Waals surface area contributed by atoms with Crippen molar-refractivity contribution in [2.45, 2.75) is 32.7 Å². The number of piperazine rings is 1. The lowest BCUT2D eigenvalue weighted by Gasteiger charge is -2.35. The van der Waals surface area contributed by atoms with Crippen LogP contribution in [-0.2, 0) is 19.1 Å². The van der Waals surface area contributed by atoms with E-state index >= 15 is 0 Å². The standard InChI is InChI=1S/C16H26N4O5/c1-3-25-16(24)20-6-4-13(5-7-20)17-14(22)15(23)19-10-8-18(9-11-19)12(2)21/h13H,3-11H2,1-2H3,(H,17,22). The molecule has 140 valence electrons.